The highest BCUT2D eigenvalue weighted by atomic mass is 16.6. The Morgan fingerprint density at radius 2 is 2.19 bits per heavy atom. The molecule has 0 unspecified atom stereocenters. The molecular formula is C14H20N4O3. The Labute approximate surface area is 124 Å². The highest BCUT2D eigenvalue weighted by molar-refractivity contribution is 5.67. The number of hydrogen-bond acceptors (Lipinski definition) is 6. The molecule has 0 bridgehead atoms. The number of ether oxygens (including phenoxy) is 2. The maximum Gasteiger partial charge on any atom is 0.407 e. The fourth-order valence-corrected chi connectivity index (χ4v) is 1.29. The molecule has 0 aliphatic carbocycles. The zero-order valence-corrected chi connectivity index (χ0v) is 12.7. The largest absolute Gasteiger partial charge is 0.478 e. The molecule has 0 spiro atoms. The molecule has 21 heavy (non-hydrogen) atoms. The topological polar surface area (TPSA) is 99.4 Å². The van der Waals surface area contributed by atoms with E-state index in [0.717, 1.165) is 0 Å². The molecule has 0 radical (unpaired) electrons. The quantitative estimate of drug-likeness (QED) is 0.644. The van der Waals surface area contributed by atoms with E-state index in [1.54, 1.807) is 20.8 Å². The number of nitrogens with zero attached hydrogens (tertiary/aromatic N) is 2. The molecule has 1 aromatic heterocycles. The Hall–Kier alpha value is -2.49. The molecule has 1 amide bonds. The third kappa shape index (κ3) is 6.47. The standard InChI is InChI=1S/C14H20N4O3/c1-14(2,3)21-13(19)16-8-6-5-7-10-9-17-11(15)12(18-10)20-4/h9H,6,8H2,1-4H3,(H2,15,17)(H,16,19). The van der Waals surface area contributed by atoms with E-state index in [9.17, 15) is 4.79 Å². The van der Waals surface area contributed by atoms with Crippen LogP contribution in [0.4, 0.5) is 10.6 Å². The van der Waals surface area contributed by atoms with Crippen molar-refractivity contribution in [1.29, 1.82) is 0 Å². The molecular weight excluding hydrogens is 272 g/mol. The summed E-state index contributed by atoms with van der Waals surface area (Å²) in [7, 11) is 1.46. The van der Waals surface area contributed by atoms with Gasteiger partial charge in [0.2, 0.25) is 0 Å². The van der Waals surface area contributed by atoms with Gasteiger partial charge < -0.3 is 20.5 Å². The summed E-state index contributed by atoms with van der Waals surface area (Å²) in [5, 5.41) is 2.61. The van der Waals surface area contributed by atoms with Gasteiger partial charge in [-0.1, -0.05) is 5.92 Å². The van der Waals surface area contributed by atoms with E-state index in [-0.39, 0.29) is 11.7 Å². The number of anilines is 1. The van der Waals surface area contributed by atoms with Crippen molar-refractivity contribution in [1.82, 2.24) is 15.3 Å². The molecule has 0 aliphatic rings. The number of hydrogen-bond donors (Lipinski definition) is 2. The van der Waals surface area contributed by atoms with E-state index >= 15 is 0 Å². The van der Waals surface area contributed by atoms with Gasteiger partial charge >= 0.3 is 6.09 Å². The number of methoxy groups -OCH3 is 1. The summed E-state index contributed by atoms with van der Waals surface area (Å²) in [5.74, 6) is 6.15. The Balaban J connectivity index is 2.42. The van der Waals surface area contributed by atoms with Gasteiger partial charge in [-0.25, -0.2) is 9.78 Å². The summed E-state index contributed by atoms with van der Waals surface area (Å²) in [4.78, 5) is 19.4. The minimum absolute atomic E-state index is 0.217. The van der Waals surface area contributed by atoms with Crippen LogP contribution in [-0.2, 0) is 4.74 Å². The van der Waals surface area contributed by atoms with Crippen LogP contribution >= 0.6 is 0 Å². The van der Waals surface area contributed by atoms with Gasteiger partial charge in [-0.15, -0.1) is 0 Å². The fourth-order valence-electron chi connectivity index (χ4n) is 1.29. The lowest BCUT2D eigenvalue weighted by Gasteiger charge is -2.19. The highest BCUT2D eigenvalue weighted by Crippen LogP contribution is 2.13. The second-order valence-corrected chi connectivity index (χ2v) is 5.13. The predicted octanol–water partition coefficient (Wildman–Crippen LogP) is 1.33. The van der Waals surface area contributed by atoms with Gasteiger partial charge in [-0.3, -0.25) is 0 Å². The number of rotatable bonds is 3. The number of alkyl carbamates (subject to hydrolysis) is 1. The number of nitrogens with one attached hydrogen (secondary N) is 1. The molecule has 7 heteroatoms. The second-order valence-electron chi connectivity index (χ2n) is 5.13. The number of carbonyl (C=O) groups is 1. The summed E-state index contributed by atoms with van der Waals surface area (Å²) in [6, 6.07) is 0. The van der Waals surface area contributed by atoms with Crippen LogP contribution < -0.4 is 15.8 Å². The van der Waals surface area contributed by atoms with Gasteiger partial charge in [-0.05, 0) is 26.7 Å². The Bertz CT molecular complexity index is 556. The summed E-state index contributed by atoms with van der Waals surface area (Å²) in [6.45, 7) is 5.81. The van der Waals surface area contributed by atoms with Gasteiger partial charge in [0.25, 0.3) is 5.88 Å². The van der Waals surface area contributed by atoms with Crippen LogP contribution in [0.1, 0.15) is 32.9 Å². The van der Waals surface area contributed by atoms with E-state index in [1.807, 2.05) is 0 Å². The van der Waals surface area contributed by atoms with E-state index in [1.165, 1.54) is 13.3 Å². The van der Waals surface area contributed by atoms with Crippen LogP contribution in [0.15, 0.2) is 6.20 Å². The minimum Gasteiger partial charge on any atom is -0.478 e. The fraction of sp³-hybridized carbons (Fsp3) is 0.500. The van der Waals surface area contributed by atoms with E-state index < -0.39 is 11.7 Å². The molecule has 1 rings (SSSR count). The average Bonchev–Trinajstić information content (AvgIpc) is 2.38. The molecule has 1 heterocycles. The number of nitrogens with two attached hydrogens (primary N) is 1. The predicted molar refractivity (Wildman–Crippen MR) is 78.7 cm³/mol. The second kappa shape index (κ2) is 7.33. The Morgan fingerprint density at radius 1 is 1.48 bits per heavy atom. The average molecular weight is 292 g/mol. The molecule has 7 nitrogen and oxygen atoms in total. The summed E-state index contributed by atoms with van der Waals surface area (Å²) in [5.41, 5.74) is 5.50. The highest BCUT2D eigenvalue weighted by Gasteiger charge is 2.15. The monoisotopic (exact) mass is 292 g/mol. The molecule has 0 atom stereocenters. The van der Waals surface area contributed by atoms with E-state index in [0.29, 0.717) is 18.7 Å². The first-order valence-corrected chi connectivity index (χ1v) is 6.44. The number of aromatic nitrogens is 2. The number of nitrogen functional groups attached to an aromatic ring is 1. The first-order valence-electron chi connectivity index (χ1n) is 6.44. The van der Waals surface area contributed by atoms with E-state index in [2.05, 4.69) is 27.1 Å². The van der Waals surface area contributed by atoms with Crippen LogP contribution in [0.5, 0.6) is 5.88 Å². The van der Waals surface area contributed by atoms with Crippen molar-refractivity contribution in [2.24, 2.45) is 0 Å². The molecule has 0 aliphatic heterocycles. The van der Waals surface area contributed by atoms with Gasteiger partial charge in [0.15, 0.2) is 5.82 Å². The van der Waals surface area contributed by atoms with Gasteiger partial charge in [0.05, 0.1) is 13.3 Å². The number of carbonyl (C=O) groups excluding carboxylic acids is 1. The molecule has 1 aromatic rings. The van der Waals surface area contributed by atoms with Crippen molar-refractivity contribution >= 4 is 11.9 Å². The lowest BCUT2D eigenvalue weighted by molar-refractivity contribution is 0.0529. The van der Waals surface area contributed by atoms with Crippen LogP contribution in [0.3, 0.4) is 0 Å². The summed E-state index contributed by atoms with van der Waals surface area (Å²) >= 11 is 0. The van der Waals surface area contributed by atoms with Crippen molar-refractivity contribution < 1.29 is 14.3 Å². The maximum atomic E-state index is 11.4. The Kier molecular flexibility index (Phi) is 5.79. The zero-order valence-electron chi connectivity index (χ0n) is 12.7. The molecule has 114 valence electrons. The summed E-state index contributed by atoms with van der Waals surface area (Å²) < 4.78 is 10.0. The van der Waals surface area contributed by atoms with Crippen molar-refractivity contribution in [2.45, 2.75) is 32.8 Å². The SMILES string of the molecule is COc1nc(C#CCCNC(=O)OC(C)(C)C)cnc1N. The van der Waals surface area contributed by atoms with Gasteiger partial charge in [-0.2, -0.15) is 4.98 Å². The third-order valence-electron chi connectivity index (χ3n) is 2.10. The summed E-state index contributed by atoms with van der Waals surface area (Å²) in [6.07, 6.45) is 1.47. The molecule has 0 aromatic carbocycles. The van der Waals surface area contributed by atoms with Crippen molar-refractivity contribution in [2.75, 3.05) is 19.4 Å². The van der Waals surface area contributed by atoms with E-state index in [4.69, 9.17) is 15.2 Å². The van der Waals surface area contributed by atoms with Crippen molar-refractivity contribution in [3.8, 4) is 17.7 Å². The lowest BCUT2D eigenvalue weighted by Crippen LogP contribution is -2.32. The minimum atomic E-state index is -0.508. The smallest absolute Gasteiger partial charge is 0.407 e. The molecule has 0 saturated carbocycles. The lowest BCUT2D eigenvalue weighted by atomic mass is 10.2. The van der Waals surface area contributed by atoms with Crippen molar-refractivity contribution in [3.05, 3.63) is 11.9 Å². The van der Waals surface area contributed by atoms with Gasteiger partial charge in [0.1, 0.15) is 11.3 Å². The van der Waals surface area contributed by atoms with Crippen LogP contribution in [-0.4, -0.2) is 35.3 Å². The van der Waals surface area contributed by atoms with Crippen LogP contribution in [0.25, 0.3) is 0 Å². The zero-order chi connectivity index (χ0) is 15.9. The normalized spacial score (nSPS) is 10.3. The third-order valence-corrected chi connectivity index (χ3v) is 2.10. The molecule has 0 saturated heterocycles. The molecule has 3 N–H and O–H groups in total. The van der Waals surface area contributed by atoms with Crippen LogP contribution in [0.2, 0.25) is 0 Å². The first kappa shape index (κ1) is 16.6. The van der Waals surface area contributed by atoms with Gasteiger partial charge in [0, 0.05) is 13.0 Å². The number of amides is 1. The van der Waals surface area contributed by atoms with Crippen LogP contribution in [0, 0.1) is 11.8 Å². The Morgan fingerprint density at radius 3 is 2.81 bits per heavy atom. The maximum absolute atomic E-state index is 11.4. The van der Waals surface area contributed by atoms with Crippen molar-refractivity contribution in [3.63, 3.8) is 0 Å². The first-order chi connectivity index (χ1) is 9.81. The molecule has 0 fully saturated rings.